The molecule has 0 aromatic rings. The molecule has 1 saturated heterocycles. The molecule has 0 aromatic heterocycles. The molecule has 1 rings (SSSR count). The van der Waals surface area contributed by atoms with Gasteiger partial charge >= 0.3 is 12.0 Å². The van der Waals surface area contributed by atoms with Gasteiger partial charge in [-0.2, -0.15) is 0 Å². The molecule has 1 heterocycles. The fourth-order valence-corrected chi connectivity index (χ4v) is 2.04. The van der Waals surface area contributed by atoms with E-state index in [0.717, 1.165) is 25.9 Å². The Kier molecular flexibility index (Phi) is 5.17. The van der Waals surface area contributed by atoms with Crippen molar-refractivity contribution in [3.63, 3.8) is 0 Å². The van der Waals surface area contributed by atoms with Crippen molar-refractivity contribution in [3.05, 3.63) is 0 Å². The maximum Gasteiger partial charge on any atom is 0.317 e. The van der Waals surface area contributed by atoms with Crippen molar-refractivity contribution in [2.24, 2.45) is 5.41 Å². The van der Waals surface area contributed by atoms with E-state index in [1.807, 2.05) is 0 Å². The van der Waals surface area contributed by atoms with Crippen LogP contribution in [0.3, 0.4) is 0 Å². The number of aliphatic carboxylic acids is 1. The average molecular weight is 271 g/mol. The Hall–Kier alpha value is -1.30. The lowest BCUT2D eigenvalue weighted by molar-refractivity contribution is -0.146. The van der Waals surface area contributed by atoms with E-state index in [2.05, 4.69) is 17.3 Å². The van der Waals surface area contributed by atoms with Gasteiger partial charge in [0.1, 0.15) is 0 Å². The van der Waals surface area contributed by atoms with Crippen LogP contribution in [0.25, 0.3) is 0 Å². The molecule has 0 saturated carbocycles. The molecule has 110 valence electrons. The first-order valence-corrected chi connectivity index (χ1v) is 6.66. The molecule has 0 unspecified atom stereocenters. The van der Waals surface area contributed by atoms with Gasteiger partial charge in [-0.05, 0) is 46.8 Å². The Balaban J connectivity index is 2.43. The summed E-state index contributed by atoms with van der Waals surface area (Å²) < 4.78 is 0. The van der Waals surface area contributed by atoms with E-state index >= 15 is 0 Å². The van der Waals surface area contributed by atoms with Gasteiger partial charge in [-0.3, -0.25) is 4.79 Å². The normalized spacial score (nSPS) is 18.1. The highest BCUT2D eigenvalue weighted by molar-refractivity contribution is 5.77. The average Bonchev–Trinajstić information content (AvgIpc) is 2.36. The first-order valence-electron chi connectivity index (χ1n) is 6.66. The van der Waals surface area contributed by atoms with Gasteiger partial charge in [0.2, 0.25) is 0 Å². The Morgan fingerprint density at radius 2 is 1.89 bits per heavy atom. The fourth-order valence-electron chi connectivity index (χ4n) is 2.04. The van der Waals surface area contributed by atoms with Crippen molar-refractivity contribution in [3.8, 4) is 0 Å². The van der Waals surface area contributed by atoms with Crippen LogP contribution in [0.5, 0.6) is 0 Å². The zero-order chi connectivity index (χ0) is 14.6. The van der Waals surface area contributed by atoms with Crippen molar-refractivity contribution in [1.82, 2.24) is 15.1 Å². The van der Waals surface area contributed by atoms with E-state index in [1.165, 1.54) is 0 Å². The summed E-state index contributed by atoms with van der Waals surface area (Å²) in [4.78, 5) is 26.9. The van der Waals surface area contributed by atoms with Gasteiger partial charge in [0.05, 0.1) is 5.41 Å². The molecule has 2 amide bonds. The van der Waals surface area contributed by atoms with Gasteiger partial charge in [-0.25, -0.2) is 4.79 Å². The highest BCUT2D eigenvalue weighted by Gasteiger charge is 2.29. The predicted molar refractivity (Wildman–Crippen MR) is 73.1 cm³/mol. The monoisotopic (exact) mass is 271 g/mol. The number of nitrogens with one attached hydrogen (secondary N) is 1. The maximum absolute atomic E-state index is 12.0. The fraction of sp³-hybridized carbons (Fsp3) is 0.846. The molecule has 0 radical (unpaired) electrons. The summed E-state index contributed by atoms with van der Waals surface area (Å²) >= 11 is 0. The zero-order valence-electron chi connectivity index (χ0n) is 12.3. The first-order chi connectivity index (χ1) is 8.74. The van der Waals surface area contributed by atoms with Crippen LogP contribution in [0, 0.1) is 5.41 Å². The number of hydrogen-bond acceptors (Lipinski definition) is 3. The lowest BCUT2D eigenvalue weighted by Gasteiger charge is -2.35. The van der Waals surface area contributed by atoms with Crippen molar-refractivity contribution < 1.29 is 14.7 Å². The SMILES string of the molecule is CN1CCC(N(C)C(=O)NCC(C)(C)C(=O)O)CC1. The second kappa shape index (κ2) is 6.23. The molecule has 0 aromatic carbocycles. The van der Waals surface area contributed by atoms with Crippen molar-refractivity contribution in [2.45, 2.75) is 32.7 Å². The molecular formula is C13H25N3O3. The molecule has 0 spiro atoms. The molecule has 1 aliphatic heterocycles. The van der Waals surface area contributed by atoms with Gasteiger partial charge < -0.3 is 20.2 Å². The van der Waals surface area contributed by atoms with Crippen LogP contribution in [0.15, 0.2) is 0 Å². The highest BCUT2D eigenvalue weighted by Crippen LogP contribution is 2.16. The number of rotatable bonds is 4. The molecule has 0 atom stereocenters. The quantitative estimate of drug-likeness (QED) is 0.794. The second-order valence-electron chi connectivity index (χ2n) is 5.99. The summed E-state index contributed by atoms with van der Waals surface area (Å²) in [6.45, 7) is 5.32. The third-order valence-corrected chi connectivity index (χ3v) is 3.82. The summed E-state index contributed by atoms with van der Waals surface area (Å²) in [6.07, 6.45) is 1.92. The van der Waals surface area contributed by atoms with Crippen LogP contribution in [0.2, 0.25) is 0 Å². The summed E-state index contributed by atoms with van der Waals surface area (Å²) in [5, 5.41) is 11.7. The molecule has 6 heteroatoms. The minimum atomic E-state index is -0.941. The molecular weight excluding hydrogens is 246 g/mol. The number of piperidine rings is 1. The van der Waals surface area contributed by atoms with Gasteiger partial charge in [-0.15, -0.1) is 0 Å². The summed E-state index contributed by atoms with van der Waals surface area (Å²) in [7, 11) is 3.85. The molecule has 2 N–H and O–H groups in total. The molecule has 1 aliphatic rings. The summed E-state index contributed by atoms with van der Waals surface area (Å²) in [5.41, 5.74) is -0.941. The van der Waals surface area contributed by atoms with Crippen LogP contribution in [-0.4, -0.2) is 66.7 Å². The number of amides is 2. The number of carbonyl (C=O) groups is 2. The van der Waals surface area contributed by atoms with Crippen molar-refractivity contribution in [1.29, 1.82) is 0 Å². The number of carboxylic acid groups (broad SMARTS) is 1. The maximum atomic E-state index is 12.0. The van der Waals surface area contributed by atoms with Crippen LogP contribution in [0.1, 0.15) is 26.7 Å². The van der Waals surface area contributed by atoms with E-state index in [-0.39, 0.29) is 18.6 Å². The molecule has 0 aliphatic carbocycles. The van der Waals surface area contributed by atoms with Crippen LogP contribution in [0.4, 0.5) is 4.79 Å². The van der Waals surface area contributed by atoms with E-state index in [1.54, 1.807) is 25.8 Å². The largest absolute Gasteiger partial charge is 0.481 e. The van der Waals surface area contributed by atoms with Crippen molar-refractivity contribution >= 4 is 12.0 Å². The third-order valence-electron chi connectivity index (χ3n) is 3.82. The second-order valence-corrected chi connectivity index (χ2v) is 5.99. The van der Waals surface area contributed by atoms with Gasteiger partial charge in [0.15, 0.2) is 0 Å². The van der Waals surface area contributed by atoms with Crippen LogP contribution in [-0.2, 0) is 4.79 Å². The smallest absolute Gasteiger partial charge is 0.317 e. The zero-order valence-corrected chi connectivity index (χ0v) is 12.3. The van der Waals surface area contributed by atoms with Crippen molar-refractivity contribution in [2.75, 3.05) is 33.7 Å². The van der Waals surface area contributed by atoms with E-state index in [9.17, 15) is 9.59 Å². The Morgan fingerprint density at radius 1 is 1.37 bits per heavy atom. The summed E-state index contributed by atoms with van der Waals surface area (Å²) in [5.74, 6) is -0.908. The van der Waals surface area contributed by atoms with Crippen LogP contribution < -0.4 is 5.32 Å². The number of urea groups is 1. The topological polar surface area (TPSA) is 72.9 Å². The minimum Gasteiger partial charge on any atom is -0.481 e. The Labute approximate surface area is 114 Å². The standard InChI is InChI=1S/C13H25N3O3/c1-13(2,11(17)18)9-14-12(19)16(4)10-5-7-15(3)8-6-10/h10H,5-9H2,1-4H3,(H,14,19)(H,17,18). The van der Waals surface area contributed by atoms with Crippen LogP contribution >= 0.6 is 0 Å². The Bertz CT molecular complexity index is 336. The van der Waals surface area contributed by atoms with Gasteiger partial charge in [0, 0.05) is 19.6 Å². The lowest BCUT2D eigenvalue weighted by Crippen LogP contribution is -2.50. The molecule has 0 bridgehead atoms. The number of carbonyl (C=O) groups excluding carboxylic acids is 1. The molecule has 1 fully saturated rings. The minimum absolute atomic E-state index is 0.137. The number of nitrogens with zero attached hydrogens (tertiary/aromatic N) is 2. The lowest BCUT2D eigenvalue weighted by atomic mass is 9.94. The number of likely N-dealkylation sites (tertiary alicyclic amines) is 1. The number of hydrogen-bond donors (Lipinski definition) is 2. The van der Waals surface area contributed by atoms with E-state index in [4.69, 9.17) is 5.11 Å². The van der Waals surface area contributed by atoms with Gasteiger partial charge in [-0.1, -0.05) is 0 Å². The summed E-state index contributed by atoms with van der Waals surface area (Å²) in [6, 6.07) is 0.0491. The van der Waals surface area contributed by atoms with E-state index < -0.39 is 11.4 Å². The molecule has 19 heavy (non-hydrogen) atoms. The predicted octanol–water partition coefficient (Wildman–Crippen LogP) is 0.833. The first kappa shape index (κ1) is 15.8. The third kappa shape index (κ3) is 4.38. The Morgan fingerprint density at radius 3 is 2.37 bits per heavy atom. The molecule has 6 nitrogen and oxygen atoms in total. The van der Waals surface area contributed by atoms with E-state index in [0.29, 0.717) is 0 Å². The number of carboxylic acids is 1. The highest BCUT2D eigenvalue weighted by atomic mass is 16.4. The van der Waals surface area contributed by atoms with Gasteiger partial charge in [0.25, 0.3) is 0 Å².